The first-order chi connectivity index (χ1) is 8.61. The van der Waals surface area contributed by atoms with Crippen LogP contribution < -0.4 is 5.73 Å². The predicted octanol–water partition coefficient (Wildman–Crippen LogP) is 2.41. The van der Waals surface area contributed by atoms with Crippen molar-refractivity contribution in [2.75, 3.05) is 6.54 Å². The monoisotopic (exact) mass is 253 g/mol. The van der Waals surface area contributed by atoms with Crippen LogP contribution in [0.1, 0.15) is 52.4 Å². The molecule has 18 heavy (non-hydrogen) atoms. The van der Waals surface area contributed by atoms with Gasteiger partial charge in [-0.3, -0.25) is 4.90 Å². The minimum absolute atomic E-state index is 0.159. The largest absolute Gasteiger partial charge is 0.409 e. The quantitative estimate of drug-likeness (QED) is 0.344. The molecule has 0 aromatic rings. The molecule has 0 radical (unpaired) electrons. The van der Waals surface area contributed by atoms with Crippen molar-refractivity contribution in [2.45, 2.75) is 64.5 Å². The van der Waals surface area contributed by atoms with Gasteiger partial charge in [0.2, 0.25) is 0 Å². The lowest BCUT2D eigenvalue weighted by atomic mass is 9.78. The van der Waals surface area contributed by atoms with E-state index in [-0.39, 0.29) is 6.04 Å². The molecule has 4 nitrogen and oxygen atoms in total. The Bertz CT molecular complexity index is 295. The van der Waals surface area contributed by atoms with E-state index in [2.05, 4.69) is 23.9 Å². The normalized spacial score (nSPS) is 39.8. The predicted molar refractivity (Wildman–Crippen MR) is 73.7 cm³/mol. The van der Waals surface area contributed by atoms with Gasteiger partial charge in [0.1, 0.15) is 0 Å². The summed E-state index contributed by atoms with van der Waals surface area (Å²) >= 11 is 0. The van der Waals surface area contributed by atoms with Gasteiger partial charge in [-0.15, -0.1) is 0 Å². The van der Waals surface area contributed by atoms with Gasteiger partial charge in [-0.25, -0.2) is 0 Å². The van der Waals surface area contributed by atoms with E-state index in [1.807, 2.05) is 0 Å². The Kier molecular flexibility index (Phi) is 4.49. The number of oxime groups is 1. The number of nitrogens with two attached hydrogens (primary N) is 1. The smallest absolute Gasteiger partial charge is 0.156 e. The Morgan fingerprint density at radius 3 is 2.44 bits per heavy atom. The topological polar surface area (TPSA) is 61.8 Å². The molecule has 1 aliphatic heterocycles. The lowest BCUT2D eigenvalue weighted by molar-refractivity contribution is 0.0701. The van der Waals surface area contributed by atoms with Gasteiger partial charge in [-0.05, 0) is 50.5 Å². The van der Waals surface area contributed by atoms with Crippen molar-refractivity contribution in [2.24, 2.45) is 22.7 Å². The van der Waals surface area contributed by atoms with E-state index >= 15 is 0 Å². The van der Waals surface area contributed by atoms with Gasteiger partial charge < -0.3 is 10.9 Å². The molecule has 1 saturated carbocycles. The second-order valence-electron chi connectivity index (χ2n) is 6.35. The van der Waals surface area contributed by atoms with Gasteiger partial charge in [-0.2, -0.15) is 0 Å². The van der Waals surface area contributed by atoms with E-state index < -0.39 is 0 Å². The van der Waals surface area contributed by atoms with Gasteiger partial charge in [-0.1, -0.05) is 25.4 Å². The molecule has 1 saturated heterocycles. The fourth-order valence-electron chi connectivity index (χ4n) is 3.95. The summed E-state index contributed by atoms with van der Waals surface area (Å²) in [4.78, 5) is 2.50. The Morgan fingerprint density at radius 2 is 1.83 bits per heavy atom. The highest BCUT2D eigenvalue weighted by Crippen LogP contribution is 2.34. The average Bonchev–Trinajstić information content (AvgIpc) is 2.36. The minimum Gasteiger partial charge on any atom is -0.409 e. The summed E-state index contributed by atoms with van der Waals surface area (Å²) in [5.74, 6) is 2.00. The average molecular weight is 253 g/mol. The van der Waals surface area contributed by atoms with Crippen molar-refractivity contribution < 1.29 is 5.21 Å². The maximum absolute atomic E-state index is 8.94. The molecular formula is C14H27N3O. The fourth-order valence-corrected chi connectivity index (χ4v) is 3.95. The molecule has 2 fully saturated rings. The first kappa shape index (κ1) is 13.7. The summed E-state index contributed by atoms with van der Waals surface area (Å²) in [7, 11) is 0. The van der Waals surface area contributed by atoms with Crippen molar-refractivity contribution in [3.63, 3.8) is 0 Å². The number of hydrogen-bond acceptors (Lipinski definition) is 3. The second-order valence-corrected chi connectivity index (χ2v) is 6.35. The number of amidine groups is 1. The Balaban J connectivity index is 2.08. The zero-order chi connectivity index (χ0) is 13.1. The van der Waals surface area contributed by atoms with Gasteiger partial charge in [0.25, 0.3) is 0 Å². The van der Waals surface area contributed by atoms with E-state index in [0.29, 0.717) is 11.9 Å². The van der Waals surface area contributed by atoms with Gasteiger partial charge in [0.15, 0.2) is 5.84 Å². The summed E-state index contributed by atoms with van der Waals surface area (Å²) < 4.78 is 0. The molecule has 0 spiro atoms. The van der Waals surface area contributed by atoms with Crippen molar-refractivity contribution in [1.29, 1.82) is 0 Å². The Hall–Kier alpha value is -0.770. The van der Waals surface area contributed by atoms with Crippen LogP contribution in [0.5, 0.6) is 0 Å². The second kappa shape index (κ2) is 5.91. The molecule has 0 aromatic heterocycles. The Morgan fingerprint density at radius 1 is 1.17 bits per heavy atom. The molecule has 3 unspecified atom stereocenters. The first-order valence-corrected chi connectivity index (χ1v) is 7.35. The minimum atomic E-state index is 0.159. The summed E-state index contributed by atoms with van der Waals surface area (Å²) in [6.45, 7) is 5.81. The lowest BCUT2D eigenvalue weighted by Gasteiger charge is -2.44. The lowest BCUT2D eigenvalue weighted by Crippen LogP contribution is -2.54. The maximum atomic E-state index is 8.94. The maximum Gasteiger partial charge on any atom is 0.156 e. The summed E-state index contributed by atoms with van der Waals surface area (Å²) in [5, 5.41) is 12.2. The molecule has 2 rings (SSSR count). The fraction of sp³-hybridized carbons (Fsp3) is 0.929. The van der Waals surface area contributed by atoms with Crippen LogP contribution >= 0.6 is 0 Å². The number of hydrogen-bond donors (Lipinski definition) is 2. The van der Waals surface area contributed by atoms with Crippen LogP contribution in [0, 0.1) is 11.8 Å². The molecule has 2 aliphatic rings. The molecule has 1 aliphatic carbocycles. The molecule has 0 amide bonds. The molecule has 4 heteroatoms. The van der Waals surface area contributed by atoms with Crippen molar-refractivity contribution >= 4 is 5.84 Å². The van der Waals surface area contributed by atoms with Crippen LogP contribution in [-0.2, 0) is 0 Å². The highest BCUT2D eigenvalue weighted by atomic mass is 16.4. The molecule has 0 bridgehead atoms. The number of piperidine rings is 1. The zero-order valence-electron chi connectivity index (χ0n) is 11.7. The molecule has 3 atom stereocenters. The van der Waals surface area contributed by atoms with Crippen molar-refractivity contribution in [3.8, 4) is 0 Å². The summed E-state index contributed by atoms with van der Waals surface area (Å²) in [6, 6.07) is 0.778. The first-order valence-electron chi connectivity index (χ1n) is 7.35. The van der Waals surface area contributed by atoms with Crippen LogP contribution in [0.25, 0.3) is 0 Å². The Labute approximate surface area is 110 Å². The van der Waals surface area contributed by atoms with Gasteiger partial charge in [0.05, 0.1) is 6.04 Å². The van der Waals surface area contributed by atoms with E-state index in [0.717, 1.165) is 24.8 Å². The molecule has 3 N–H and O–H groups in total. The highest BCUT2D eigenvalue weighted by molar-refractivity contribution is 5.85. The molecule has 1 heterocycles. The standard InChI is InChI=1S/C14H27N3O/c1-10-7-11(2)9-12(8-10)17-6-4-3-5-13(17)14(15)16-18/h10-13,18H,3-9H2,1-2H3,(H2,15,16). The van der Waals surface area contributed by atoms with Crippen LogP contribution in [-0.4, -0.2) is 34.6 Å². The van der Waals surface area contributed by atoms with Gasteiger partial charge >= 0.3 is 0 Å². The molecule has 0 aromatic carbocycles. The van der Waals surface area contributed by atoms with Crippen molar-refractivity contribution in [1.82, 2.24) is 4.90 Å². The molecule has 104 valence electrons. The number of rotatable bonds is 2. The summed E-state index contributed by atoms with van der Waals surface area (Å²) in [5.41, 5.74) is 5.87. The SMILES string of the molecule is CC1CC(C)CC(N2CCCCC2C(N)=NO)C1. The van der Waals surface area contributed by atoms with E-state index in [9.17, 15) is 0 Å². The van der Waals surface area contributed by atoms with E-state index in [1.54, 1.807) is 0 Å². The number of likely N-dealkylation sites (tertiary alicyclic amines) is 1. The van der Waals surface area contributed by atoms with Gasteiger partial charge in [0, 0.05) is 6.04 Å². The van der Waals surface area contributed by atoms with Crippen LogP contribution in [0.4, 0.5) is 0 Å². The number of nitrogens with zero attached hydrogens (tertiary/aromatic N) is 2. The molecular weight excluding hydrogens is 226 g/mol. The highest BCUT2D eigenvalue weighted by Gasteiger charge is 2.35. The van der Waals surface area contributed by atoms with Crippen molar-refractivity contribution in [3.05, 3.63) is 0 Å². The van der Waals surface area contributed by atoms with Crippen LogP contribution in [0.2, 0.25) is 0 Å². The third-order valence-corrected chi connectivity index (χ3v) is 4.62. The van der Waals surface area contributed by atoms with E-state index in [4.69, 9.17) is 10.9 Å². The summed E-state index contributed by atoms with van der Waals surface area (Å²) in [6.07, 6.45) is 7.34. The zero-order valence-corrected chi connectivity index (χ0v) is 11.7. The van der Waals surface area contributed by atoms with Crippen LogP contribution in [0.3, 0.4) is 0 Å². The third-order valence-electron chi connectivity index (χ3n) is 4.62. The third kappa shape index (κ3) is 2.97. The van der Waals surface area contributed by atoms with Crippen LogP contribution in [0.15, 0.2) is 5.16 Å². The van der Waals surface area contributed by atoms with E-state index in [1.165, 1.54) is 32.1 Å².